The predicted octanol–water partition coefficient (Wildman–Crippen LogP) is 0.919. The molecule has 2 nitrogen and oxygen atoms in total. The molecule has 1 unspecified atom stereocenters. The Bertz CT molecular complexity index is 123. The van der Waals surface area contributed by atoms with Crippen molar-refractivity contribution in [3.05, 3.63) is 6.54 Å². The Morgan fingerprint density at radius 2 is 2.20 bits per heavy atom. The van der Waals surface area contributed by atoms with Gasteiger partial charge in [0.25, 0.3) is 0 Å². The molecule has 10 heavy (non-hydrogen) atoms. The Labute approximate surface area is 57.0 Å². The minimum atomic E-state index is -4.12. The van der Waals surface area contributed by atoms with Crippen LogP contribution in [0.5, 0.6) is 0 Å². The van der Waals surface area contributed by atoms with E-state index in [2.05, 4.69) is 5.43 Å². The maximum atomic E-state index is 11.8. The zero-order chi connectivity index (χ0) is 7.78. The molecule has 1 aliphatic heterocycles. The van der Waals surface area contributed by atoms with Crippen LogP contribution in [-0.4, -0.2) is 24.3 Å². The number of hydrogen-bond acceptors (Lipinski definition) is 2. The Kier molecular flexibility index (Phi) is 1.87. The second-order valence-electron chi connectivity index (χ2n) is 2.25. The average Bonchev–Trinajstić information content (AvgIpc) is 2.11. The van der Waals surface area contributed by atoms with Crippen LogP contribution >= 0.6 is 0 Å². The smallest absolute Gasteiger partial charge is 0.243 e. The Morgan fingerprint density at radius 3 is 2.40 bits per heavy atom. The molecule has 1 fully saturated rings. The van der Waals surface area contributed by atoms with Gasteiger partial charge in [-0.15, -0.1) is 0 Å². The number of alkyl halides is 3. The first-order valence-corrected chi connectivity index (χ1v) is 2.89. The summed E-state index contributed by atoms with van der Waals surface area (Å²) in [5.74, 6) is 0. The van der Waals surface area contributed by atoms with Gasteiger partial charge in [-0.25, -0.2) is 10.4 Å². The van der Waals surface area contributed by atoms with Crippen molar-refractivity contribution >= 4 is 0 Å². The number of rotatable bonds is 0. The lowest BCUT2D eigenvalue weighted by atomic mass is 10.2. The lowest BCUT2D eigenvalue weighted by molar-refractivity contribution is -0.156. The van der Waals surface area contributed by atoms with Gasteiger partial charge in [0.05, 0.1) is 0 Å². The summed E-state index contributed by atoms with van der Waals surface area (Å²) >= 11 is 0. The number of nitrogens with one attached hydrogen (secondary N) is 1. The molecule has 0 aromatic heterocycles. The van der Waals surface area contributed by atoms with Gasteiger partial charge < -0.3 is 0 Å². The Balaban J connectivity index is 2.45. The second kappa shape index (κ2) is 2.39. The lowest BCUT2D eigenvalue weighted by Crippen LogP contribution is -2.41. The fraction of sp³-hybridized carbons (Fsp3) is 0.800. The van der Waals surface area contributed by atoms with Gasteiger partial charge in [0.2, 0.25) is 0 Å². The average molecular weight is 153 g/mol. The van der Waals surface area contributed by atoms with E-state index < -0.39 is 12.2 Å². The van der Waals surface area contributed by atoms with Crippen molar-refractivity contribution in [3.63, 3.8) is 0 Å². The highest BCUT2D eigenvalue weighted by Crippen LogP contribution is 2.26. The monoisotopic (exact) mass is 153 g/mol. The molecule has 0 aromatic carbocycles. The fourth-order valence-corrected chi connectivity index (χ4v) is 0.822. The van der Waals surface area contributed by atoms with Gasteiger partial charge in [-0.1, -0.05) is 0 Å². The summed E-state index contributed by atoms with van der Waals surface area (Å²) in [6, 6.07) is -1.39. The molecule has 1 atom stereocenters. The minimum absolute atomic E-state index is 0.0278. The molecule has 0 amide bonds. The highest BCUT2D eigenvalue weighted by atomic mass is 19.4. The van der Waals surface area contributed by atoms with Crippen LogP contribution in [0.2, 0.25) is 0 Å². The number of hydrogen-bond donors (Lipinski definition) is 1. The molecule has 1 rings (SSSR count). The molecule has 0 aliphatic carbocycles. The molecule has 0 aromatic rings. The molecular formula is C5H8F3N2. The molecule has 1 radical (unpaired) electrons. The summed E-state index contributed by atoms with van der Waals surface area (Å²) in [5, 5.41) is 1.33. The zero-order valence-electron chi connectivity index (χ0n) is 5.44. The zero-order valence-corrected chi connectivity index (χ0v) is 5.44. The van der Waals surface area contributed by atoms with E-state index in [1.807, 2.05) is 0 Å². The summed E-state index contributed by atoms with van der Waals surface area (Å²) in [4.78, 5) is 0. The number of hydrazine groups is 1. The third kappa shape index (κ3) is 1.60. The van der Waals surface area contributed by atoms with Crippen LogP contribution in [0.25, 0.3) is 0 Å². The normalized spacial score (nSPS) is 29.4. The third-order valence-corrected chi connectivity index (χ3v) is 1.37. The van der Waals surface area contributed by atoms with Crippen molar-refractivity contribution in [1.29, 1.82) is 0 Å². The summed E-state index contributed by atoms with van der Waals surface area (Å²) in [6.45, 7) is 1.47. The lowest BCUT2D eigenvalue weighted by Gasteiger charge is -2.15. The van der Waals surface area contributed by atoms with Gasteiger partial charge in [-0.3, -0.25) is 0 Å². The van der Waals surface area contributed by atoms with Crippen LogP contribution in [0.3, 0.4) is 0 Å². The highest BCUT2D eigenvalue weighted by Gasteiger charge is 2.42. The molecule has 1 heterocycles. The molecule has 0 bridgehead atoms. The van der Waals surface area contributed by atoms with Crippen LogP contribution in [0, 0.1) is 6.54 Å². The van der Waals surface area contributed by atoms with Crippen LogP contribution in [-0.2, 0) is 0 Å². The van der Waals surface area contributed by atoms with Gasteiger partial charge in [-0.05, 0) is 6.42 Å². The summed E-state index contributed by atoms with van der Waals surface area (Å²) < 4.78 is 35.5. The van der Waals surface area contributed by atoms with Crippen molar-refractivity contribution in [2.45, 2.75) is 18.6 Å². The fourth-order valence-electron chi connectivity index (χ4n) is 0.822. The van der Waals surface area contributed by atoms with E-state index in [0.717, 1.165) is 0 Å². The van der Waals surface area contributed by atoms with Gasteiger partial charge in [-0.2, -0.15) is 13.2 Å². The van der Waals surface area contributed by atoms with Gasteiger partial charge >= 0.3 is 6.18 Å². The maximum absolute atomic E-state index is 11.8. The van der Waals surface area contributed by atoms with Crippen molar-refractivity contribution in [2.24, 2.45) is 0 Å². The third-order valence-electron chi connectivity index (χ3n) is 1.37. The maximum Gasteiger partial charge on any atom is 0.405 e. The Morgan fingerprint density at radius 1 is 1.60 bits per heavy atom. The van der Waals surface area contributed by atoms with E-state index >= 15 is 0 Å². The van der Waals surface area contributed by atoms with E-state index in [9.17, 15) is 13.2 Å². The first-order valence-electron chi connectivity index (χ1n) is 2.89. The van der Waals surface area contributed by atoms with Crippen molar-refractivity contribution in [1.82, 2.24) is 10.4 Å². The summed E-state index contributed by atoms with van der Waals surface area (Å²) in [5.41, 5.74) is 2.25. The molecule has 1 saturated heterocycles. The predicted molar refractivity (Wildman–Crippen MR) is 29.7 cm³/mol. The molecule has 5 heteroatoms. The van der Waals surface area contributed by atoms with E-state index in [1.54, 1.807) is 7.05 Å². The van der Waals surface area contributed by atoms with Crippen LogP contribution in [0.1, 0.15) is 6.42 Å². The van der Waals surface area contributed by atoms with E-state index in [1.165, 1.54) is 11.6 Å². The molecule has 59 valence electrons. The van der Waals surface area contributed by atoms with Crippen LogP contribution in [0.15, 0.2) is 0 Å². The number of halogens is 3. The highest BCUT2D eigenvalue weighted by molar-refractivity contribution is 4.86. The number of nitrogens with zero attached hydrogens (tertiary/aromatic N) is 1. The van der Waals surface area contributed by atoms with E-state index in [4.69, 9.17) is 0 Å². The van der Waals surface area contributed by atoms with E-state index in [0.29, 0.717) is 0 Å². The molecule has 0 spiro atoms. The van der Waals surface area contributed by atoms with E-state index in [-0.39, 0.29) is 6.42 Å². The first kappa shape index (κ1) is 7.81. The first-order chi connectivity index (χ1) is 4.50. The largest absolute Gasteiger partial charge is 0.405 e. The van der Waals surface area contributed by atoms with Crippen molar-refractivity contribution in [3.8, 4) is 0 Å². The Hall–Kier alpha value is -0.290. The van der Waals surface area contributed by atoms with Crippen LogP contribution in [0.4, 0.5) is 13.2 Å². The molecule has 1 N–H and O–H groups in total. The topological polar surface area (TPSA) is 15.3 Å². The standard InChI is InChI=1S/C5H8F3N2/c1-10-3-2-4(9-10)5(6,7)8/h3-4,9H,2H2,1H3. The second-order valence-corrected chi connectivity index (χ2v) is 2.25. The van der Waals surface area contributed by atoms with Gasteiger partial charge in [0.1, 0.15) is 6.04 Å². The quantitative estimate of drug-likeness (QED) is 0.556. The summed E-state index contributed by atoms with van der Waals surface area (Å²) in [6.07, 6.45) is -4.10. The minimum Gasteiger partial charge on any atom is -0.243 e. The van der Waals surface area contributed by atoms with Crippen molar-refractivity contribution in [2.75, 3.05) is 7.05 Å². The molecule has 0 saturated carbocycles. The van der Waals surface area contributed by atoms with Gasteiger partial charge in [0, 0.05) is 13.6 Å². The SMILES string of the molecule is CN1[CH]CC(C(F)(F)F)N1. The molecular weight excluding hydrogens is 145 g/mol. The summed E-state index contributed by atoms with van der Waals surface area (Å²) in [7, 11) is 1.55. The van der Waals surface area contributed by atoms with Crippen molar-refractivity contribution < 1.29 is 13.2 Å². The molecule has 1 aliphatic rings. The van der Waals surface area contributed by atoms with Gasteiger partial charge in [0.15, 0.2) is 0 Å². The van der Waals surface area contributed by atoms with Crippen LogP contribution < -0.4 is 5.43 Å².